The Balaban J connectivity index is 0.975. The Morgan fingerprint density at radius 1 is 0.924 bits per heavy atom. The van der Waals surface area contributed by atoms with Crippen LogP contribution in [0.1, 0.15) is 73.4 Å². The molecule has 2 unspecified atom stereocenters. The number of alkyl halides is 3. The summed E-state index contributed by atoms with van der Waals surface area (Å²) in [5.41, 5.74) is -1.37. The van der Waals surface area contributed by atoms with Crippen LogP contribution in [0.25, 0.3) is 10.9 Å². The molecule has 1 aromatic heterocycles. The minimum Gasteiger partial charge on any atom is -0.496 e. The molecule has 0 radical (unpaired) electrons. The van der Waals surface area contributed by atoms with Crippen LogP contribution in [0.4, 0.5) is 23.7 Å². The zero-order valence-corrected chi connectivity index (χ0v) is 44.5. The number of para-hydroxylation sites is 1. The van der Waals surface area contributed by atoms with Gasteiger partial charge in [0, 0.05) is 84.0 Å². The van der Waals surface area contributed by atoms with Gasteiger partial charge in [0.15, 0.2) is 11.2 Å². The number of aromatic amines is 1. The number of nitrogens with one attached hydrogen (secondary N) is 4. The number of methoxy groups -OCH3 is 2. The van der Waals surface area contributed by atoms with E-state index in [4.69, 9.17) is 14.2 Å². The highest BCUT2D eigenvalue weighted by molar-refractivity contribution is 5.96. The molecular weight excluding hydrogens is 1030 g/mol. The molecule has 3 saturated heterocycles. The average molecular weight is 1100 g/mol. The van der Waals surface area contributed by atoms with E-state index >= 15 is 9.59 Å². The van der Waals surface area contributed by atoms with Crippen LogP contribution in [0, 0.1) is 11.3 Å². The van der Waals surface area contributed by atoms with Crippen molar-refractivity contribution >= 4 is 46.4 Å². The van der Waals surface area contributed by atoms with Crippen molar-refractivity contribution in [1.29, 1.82) is 0 Å². The molecule has 11 atom stereocenters. The second kappa shape index (κ2) is 19.9. The van der Waals surface area contributed by atoms with E-state index in [2.05, 4.69) is 26.1 Å². The molecule has 11 rings (SSSR count). The van der Waals surface area contributed by atoms with Crippen LogP contribution in [0.5, 0.6) is 5.75 Å². The van der Waals surface area contributed by atoms with Gasteiger partial charge in [-0.2, -0.15) is 13.2 Å². The van der Waals surface area contributed by atoms with Gasteiger partial charge in [0.2, 0.25) is 5.91 Å². The molecule has 3 aromatic carbocycles. The fourth-order valence-electron chi connectivity index (χ4n) is 15.6. The third-order valence-corrected chi connectivity index (χ3v) is 18.8. The van der Waals surface area contributed by atoms with Crippen LogP contribution >= 0.6 is 0 Å². The highest BCUT2D eigenvalue weighted by Gasteiger charge is 2.79. The van der Waals surface area contributed by atoms with Gasteiger partial charge < -0.3 is 39.4 Å². The van der Waals surface area contributed by atoms with Crippen molar-refractivity contribution in [1.82, 2.24) is 35.9 Å². The molecule has 1 saturated carbocycles. The predicted octanol–water partition coefficient (Wildman–Crippen LogP) is 3.46. The van der Waals surface area contributed by atoms with E-state index in [1.165, 1.54) is 14.2 Å². The molecule has 7 N–H and O–H groups in total. The van der Waals surface area contributed by atoms with E-state index in [-0.39, 0.29) is 56.8 Å². The first-order chi connectivity index (χ1) is 37.7. The topological polar surface area (TPSA) is 239 Å². The van der Waals surface area contributed by atoms with Crippen LogP contribution in [0.3, 0.4) is 0 Å². The number of aromatic nitrogens is 1. The number of carbonyl (C=O) groups is 5. The number of aliphatic hydroxyl groups excluding tert-OH is 1. The SMILES string of the molecule is CC[C@]12C=CCN3CC[C@@]4(c5cc([C@@]6(C(=O)OC)C[C@H]7CN(CCc8c6[nH]c6ccccc86)C[C@](O)(C(F)(F)F)C7)c(OC)cc5N(C)C4[C@@](O)(C(=O)NNC(=O)[C@@H]4CCCN4CC(=O)NC(=O)OCc4ccccc4)[C@@H]1O)[C@@H]32. The van der Waals surface area contributed by atoms with Crippen molar-refractivity contribution in [2.24, 2.45) is 11.3 Å². The lowest BCUT2D eigenvalue weighted by molar-refractivity contribution is -0.279. The normalized spacial score (nSPS) is 32.8. The summed E-state index contributed by atoms with van der Waals surface area (Å²) in [7, 11) is 4.34. The largest absolute Gasteiger partial charge is 0.496 e. The van der Waals surface area contributed by atoms with E-state index in [1.54, 1.807) is 52.1 Å². The van der Waals surface area contributed by atoms with E-state index in [0.717, 1.165) is 10.9 Å². The molecule has 4 aromatic rings. The number of fused-ring (bicyclic) bond motifs is 6. The molecule has 2 bridgehead atoms. The number of ether oxygens (including phenoxy) is 3. The first kappa shape index (κ1) is 54.4. The molecule has 7 heterocycles. The third-order valence-electron chi connectivity index (χ3n) is 18.8. The monoisotopic (exact) mass is 1100 g/mol. The quantitative estimate of drug-likeness (QED) is 0.0684. The number of likely N-dealkylation sites (N-methyl/N-ethyl adjacent to an activating group) is 1. The molecule has 4 fully saturated rings. The molecule has 4 amide bonds. The van der Waals surface area contributed by atoms with Crippen LogP contribution in [0.2, 0.25) is 0 Å². The van der Waals surface area contributed by atoms with Crippen molar-refractivity contribution in [3.05, 3.63) is 107 Å². The molecule has 22 heteroatoms. The van der Waals surface area contributed by atoms with Crippen molar-refractivity contribution in [3.8, 4) is 5.75 Å². The van der Waals surface area contributed by atoms with Crippen molar-refractivity contribution in [2.45, 2.75) is 111 Å². The number of anilines is 1. The number of alkyl carbamates (subject to hydrolysis) is 1. The number of hydrogen-bond donors (Lipinski definition) is 7. The minimum absolute atomic E-state index is 0.0607. The molecule has 1 aliphatic carbocycles. The first-order valence-corrected chi connectivity index (χ1v) is 27.0. The van der Waals surface area contributed by atoms with Crippen LogP contribution < -0.4 is 25.8 Å². The summed E-state index contributed by atoms with van der Waals surface area (Å²) in [6.07, 6.45) is -3.29. The number of hydrazine groups is 1. The molecule has 7 aliphatic rings. The summed E-state index contributed by atoms with van der Waals surface area (Å²) in [4.78, 5) is 81.0. The van der Waals surface area contributed by atoms with E-state index in [9.17, 15) is 42.9 Å². The molecular formula is C57H67F3N8O11. The maximum absolute atomic E-state index is 15.4. The number of benzene rings is 3. The number of aliphatic hydroxyl groups is 3. The average Bonchev–Trinajstić information content (AvgIpc) is 2.65. The minimum atomic E-state index is -4.99. The number of amides is 4. The van der Waals surface area contributed by atoms with Gasteiger partial charge in [-0.3, -0.25) is 50.0 Å². The van der Waals surface area contributed by atoms with E-state index in [0.29, 0.717) is 66.9 Å². The number of hydrogen-bond acceptors (Lipinski definition) is 15. The maximum atomic E-state index is 15.4. The Morgan fingerprint density at radius 3 is 2.42 bits per heavy atom. The molecule has 79 heavy (non-hydrogen) atoms. The van der Waals surface area contributed by atoms with Gasteiger partial charge in [-0.05, 0) is 92.8 Å². The van der Waals surface area contributed by atoms with Gasteiger partial charge in [-0.1, -0.05) is 67.6 Å². The number of esters is 1. The molecule has 1 spiro atoms. The zero-order chi connectivity index (χ0) is 56.0. The summed E-state index contributed by atoms with van der Waals surface area (Å²) in [6.45, 7) is 2.37. The molecule has 19 nitrogen and oxygen atoms in total. The van der Waals surface area contributed by atoms with Crippen molar-refractivity contribution < 1.29 is 66.7 Å². The number of halogens is 3. The highest BCUT2D eigenvalue weighted by atomic mass is 19.4. The summed E-state index contributed by atoms with van der Waals surface area (Å²) < 4.78 is 62.3. The number of carbonyl (C=O) groups excluding carboxylic acids is 5. The Hall–Kier alpha value is -6.56. The number of piperidine rings is 1. The highest BCUT2D eigenvalue weighted by Crippen LogP contribution is 2.68. The lowest BCUT2D eigenvalue weighted by Gasteiger charge is -2.63. The lowest BCUT2D eigenvalue weighted by atomic mass is 9.47. The summed E-state index contributed by atoms with van der Waals surface area (Å²) in [5, 5.41) is 41.1. The smallest absolute Gasteiger partial charge is 0.418 e. The van der Waals surface area contributed by atoms with Crippen LogP contribution in [-0.2, 0) is 52.5 Å². The van der Waals surface area contributed by atoms with Gasteiger partial charge in [-0.25, -0.2) is 4.79 Å². The number of likely N-dealkylation sites (tertiary alicyclic amines) is 1. The van der Waals surface area contributed by atoms with Gasteiger partial charge >= 0.3 is 18.2 Å². The number of rotatable bonds is 10. The van der Waals surface area contributed by atoms with E-state index in [1.807, 2.05) is 55.5 Å². The van der Waals surface area contributed by atoms with Crippen molar-refractivity contribution in [3.63, 3.8) is 0 Å². The second-order valence-corrected chi connectivity index (χ2v) is 22.8. The Bertz CT molecular complexity index is 3120. The Morgan fingerprint density at radius 2 is 1.68 bits per heavy atom. The fraction of sp³-hybridized carbons (Fsp3) is 0.526. The predicted molar refractivity (Wildman–Crippen MR) is 280 cm³/mol. The summed E-state index contributed by atoms with van der Waals surface area (Å²) in [6, 6.07) is 17.2. The fourth-order valence-corrected chi connectivity index (χ4v) is 15.6. The Labute approximate surface area is 454 Å². The zero-order valence-electron chi connectivity index (χ0n) is 44.5. The Kier molecular flexibility index (Phi) is 13.7. The summed E-state index contributed by atoms with van der Waals surface area (Å²) >= 11 is 0. The number of nitrogens with zero attached hydrogens (tertiary/aromatic N) is 4. The van der Waals surface area contributed by atoms with Crippen LogP contribution in [0.15, 0.2) is 78.9 Å². The standard InChI is InChI=1S/C57H67F3N8O11/c1-5-52-19-12-22-67-24-20-54(46(52)67)37-25-38(55(50(73)78-4)28-34-27-53(75,57(58,59)60)32-66(29-34)23-18-36-35-15-9-10-16-39(35)61-44(36)55)42(77-3)26-41(37)65(2)47(54)56(76,48(52)71)49(72)64-63-45(70)40-17-11-21-68(40)30-43(69)62-51(74)79-31-33-13-7-6-8-14-33/h6-10,12-16,19,25-26,34,40,46-48,61,71,75-76H,5,11,17-18,20-24,27-32H2,1-4H3,(H,63,70)(H,64,72)(H,62,69,74)/t34-,40-,46-,47?,48+,52+,53-,54+,55-,56-/m0/s1. The van der Waals surface area contributed by atoms with Gasteiger partial charge in [-0.15, -0.1) is 0 Å². The van der Waals surface area contributed by atoms with Gasteiger partial charge in [0.1, 0.15) is 23.9 Å². The van der Waals surface area contributed by atoms with Crippen LogP contribution in [-0.4, -0.2) is 173 Å². The maximum Gasteiger partial charge on any atom is 0.418 e. The molecule has 6 aliphatic heterocycles. The summed E-state index contributed by atoms with van der Waals surface area (Å²) in [5.74, 6) is -4.06. The lowest BCUT2D eigenvalue weighted by Crippen LogP contribution is -2.82. The first-order valence-electron chi connectivity index (χ1n) is 27.0. The van der Waals surface area contributed by atoms with E-state index < -0.39 is 107 Å². The number of imide groups is 1. The van der Waals surface area contributed by atoms with Gasteiger partial charge in [0.05, 0.1) is 32.8 Å². The second-order valence-electron chi connectivity index (χ2n) is 22.8. The third kappa shape index (κ3) is 8.32. The number of H-pyrrole nitrogens is 1. The van der Waals surface area contributed by atoms with Crippen molar-refractivity contribution in [2.75, 3.05) is 72.0 Å². The van der Waals surface area contributed by atoms with Gasteiger partial charge in [0.25, 0.3) is 11.8 Å². The molecule has 422 valence electrons.